The number of likely N-dealkylation sites (tertiary alicyclic amines) is 1. The summed E-state index contributed by atoms with van der Waals surface area (Å²) >= 11 is 0. The van der Waals surface area contributed by atoms with Crippen molar-refractivity contribution in [1.82, 2.24) is 10.2 Å². The lowest BCUT2D eigenvalue weighted by molar-refractivity contribution is -0.146. The van der Waals surface area contributed by atoms with Gasteiger partial charge in [0, 0.05) is 31.7 Å². The van der Waals surface area contributed by atoms with Crippen molar-refractivity contribution >= 4 is 29.4 Å². The first kappa shape index (κ1) is 21.6. The minimum Gasteiger partial charge on any atom is -0.497 e. The van der Waals surface area contributed by atoms with Gasteiger partial charge in [0.25, 0.3) is 0 Å². The number of carboxylic acids is 1. The molecule has 162 valence electrons. The van der Waals surface area contributed by atoms with Gasteiger partial charge in [0.2, 0.25) is 17.7 Å². The number of carbonyl (C=O) groups is 4. The lowest BCUT2D eigenvalue weighted by Gasteiger charge is -2.32. The van der Waals surface area contributed by atoms with E-state index in [0.717, 1.165) is 0 Å². The maximum atomic E-state index is 12.6. The largest absolute Gasteiger partial charge is 0.497 e. The molecule has 2 unspecified atom stereocenters. The summed E-state index contributed by atoms with van der Waals surface area (Å²) in [6.07, 6.45) is 0.911. The lowest BCUT2D eigenvalue weighted by atomic mass is 9.96. The van der Waals surface area contributed by atoms with Crippen LogP contribution in [0.4, 0.5) is 5.69 Å². The molecule has 9 heteroatoms. The number of benzene rings is 1. The second-order valence-electron chi connectivity index (χ2n) is 7.77. The molecule has 30 heavy (non-hydrogen) atoms. The number of piperidine rings is 1. The number of rotatable bonds is 6. The number of ether oxygens (including phenoxy) is 1. The first-order valence-corrected chi connectivity index (χ1v) is 10.1. The summed E-state index contributed by atoms with van der Waals surface area (Å²) in [4.78, 5) is 51.8. The van der Waals surface area contributed by atoms with E-state index in [0.29, 0.717) is 37.4 Å². The Morgan fingerprint density at radius 3 is 2.33 bits per heavy atom. The van der Waals surface area contributed by atoms with E-state index in [9.17, 15) is 19.2 Å². The molecule has 0 radical (unpaired) electrons. The van der Waals surface area contributed by atoms with Gasteiger partial charge in [-0.25, -0.2) is 0 Å². The van der Waals surface area contributed by atoms with Crippen LogP contribution in [0.25, 0.3) is 0 Å². The minimum atomic E-state index is -0.837. The predicted molar refractivity (Wildman–Crippen MR) is 108 cm³/mol. The van der Waals surface area contributed by atoms with E-state index in [1.54, 1.807) is 48.1 Å². The second-order valence-corrected chi connectivity index (χ2v) is 7.77. The number of nitrogens with zero attached hydrogens (tertiary/aromatic N) is 2. The Hall–Kier alpha value is -3.10. The molecular formula is C21H27N3O6. The highest BCUT2D eigenvalue weighted by molar-refractivity contribution is 6.01. The predicted octanol–water partition coefficient (Wildman–Crippen LogP) is 0.876. The average Bonchev–Trinajstić information content (AvgIpc) is 3.15. The molecule has 3 rings (SSSR count). The summed E-state index contributed by atoms with van der Waals surface area (Å²) < 4.78 is 5.12. The van der Waals surface area contributed by atoms with Crippen molar-refractivity contribution in [3.8, 4) is 5.75 Å². The Morgan fingerprint density at radius 2 is 1.77 bits per heavy atom. The maximum Gasteiger partial charge on any atom is 0.306 e. The molecule has 2 heterocycles. The zero-order chi connectivity index (χ0) is 21.8. The van der Waals surface area contributed by atoms with Crippen LogP contribution in [0.3, 0.4) is 0 Å². The molecule has 2 fully saturated rings. The van der Waals surface area contributed by atoms with Gasteiger partial charge < -0.3 is 25.0 Å². The molecule has 2 saturated heterocycles. The van der Waals surface area contributed by atoms with E-state index >= 15 is 0 Å². The van der Waals surface area contributed by atoms with Gasteiger partial charge >= 0.3 is 5.97 Å². The van der Waals surface area contributed by atoms with Gasteiger partial charge in [-0.15, -0.1) is 0 Å². The van der Waals surface area contributed by atoms with Gasteiger partial charge in [-0.3, -0.25) is 19.2 Å². The molecule has 2 N–H and O–H groups in total. The van der Waals surface area contributed by atoms with Crippen molar-refractivity contribution in [1.29, 1.82) is 0 Å². The quantitative estimate of drug-likeness (QED) is 0.710. The number of methoxy groups -OCH3 is 1. The van der Waals surface area contributed by atoms with Crippen LogP contribution in [0.5, 0.6) is 5.75 Å². The van der Waals surface area contributed by atoms with Gasteiger partial charge in [-0.1, -0.05) is 0 Å². The SMILES string of the molecule is COc1ccc(N2CC(C(=O)NC(C)C(=O)N3CCC(C(=O)O)CC3)CC2=O)cc1. The van der Waals surface area contributed by atoms with Crippen LogP contribution >= 0.6 is 0 Å². The lowest BCUT2D eigenvalue weighted by Crippen LogP contribution is -2.51. The van der Waals surface area contributed by atoms with Crippen LogP contribution < -0.4 is 15.0 Å². The average molecular weight is 417 g/mol. The monoisotopic (exact) mass is 417 g/mol. The second kappa shape index (κ2) is 9.15. The Bertz CT molecular complexity index is 817. The molecule has 1 aromatic rings. The number of amides is 3. The van der Waals surface area contributed by atoms with Crippen LogP contribution in [0.2, 0.25) is 0 Å². The molecule has 9 nitrogen and oxygen atoms in total. The highest BCUT2D eigenvalue weighted by Crippen LogP contribution is 2.27. The molecule has 2 aliphatic rings. The third kappa shape index (κ3) is 4.72. The van der Waals surface area contributed by atoms with E-state index in [2.05, 4.69) is 5.32 Å². The maximum absolute atomic E-state index is 12.6. The molecule has 0 bridgehead atoms. The molecule has 0 aliphatic carbocycles. The molecule has 1 aromatic carbocycles. The third-order valence-electron chi connectivity index (χ3n) is 5.76. The van der Waals surface area contributed by atoms with E-state index in [4.69, 9.17) is 9.84 Å². The Balaban J connectivity index is 1.53. The first-order valence-electron chi connectivity index (χ1n) is 10.1. The molecule has 0 aromatic heterocycles. The molecule has 0 saturated carbocycles. The van der Waals surface area contributed by atoms with E-state index in [-0.39, 0.29) is 30.7 Å². The molecule has 3 amide bonds. The van der Waals surface area contributed by atoms with Crippen molar-refractivity contribution in [2.45, 2.75) is 32.2 Å². The topological polar surface area (TPSA) is 116 Å². The zero-order valence-corrected chi connectivity index (χ0v) is 17.2. The van der Waals surface area contributed by atoms with E-state index in [1.165, 1.54) is 0 Å². The van der Waals surface area contributed by atoms with Crippen molar-refractivity contribution in [3.63, 3.8) is 0 Å². The Labute approximate surface area is 175 Å². The summed E-state index contributed by atoms with van der Waals surface area (Å²) in [5.41, 5.74) is 0.696. The van der Waals surface area contributed by atoms with Crippen molar-refractivity contribution in [2.75, 3.05) is 31.6 Å². The van der Waals surface area contributed by atoms with Gasteiger partial charge in [-0.2, -0.15) is 0 Å². The van der Waals surface area contributed by atoms with Crippen LogP contribution in [-0.4, -0.2) is 66.5 Å². The van der Waals surface area contributed by atoms with Crippen LogP contribution in [0.1, 0.15) is 26.2 Å². The van der Waals surface area contributed by atoms with Gasteiger partial charge in [-0.05, 0) is 44.0 Å². The summed E-state index contributed by atoms with van der Waals surface area (Å²) in [7, 11) is 1.56. The van der Waals surface area contributed by atoms with Crippen molar-refractivity contribution in [3.05, 3.63) is 24.3 Å². The number of nitrogens with one attached hydrogen (secondary N) is 1. The van der Waals surface area contributed by atoms with Crippen molar-refractivity contribution in [2.24, 2.45) is 11.8 Å². The number of hydrogen-bond acceptors (Lipinski definition) is 5. The fraction of sp³-hybridized carbons (Fsp3) is 0.524. The Morgan fingerprint density at radius 1 is 1.13 bits per heavy atom. The number of anilines is 1. The molecule has 0 spiro atoms. The van der Waals surface area contributed by atoms with Crippen LogP contribution in [-0.2, 0) is 19.2 Å². The summed E-state index contributed by atoms with van der Waals surface area (Å²) in [5.74, 6) is -1.82. The van der Waals surface area contributed by atoms with E-state index in [1.807, 2.05) is 0 Å². The van der Waals surface area contributed by atoms with Crippen LogP contribution in [0.15, 0.2) is 24.3 Å². The first-order chi connectivity index (χ1) is 14.3. The molecule has 2 aliphatic heterocycles. The summed E-state index contributed by atoms with van der Waals surface area (Å²) in [6.45, 7) is 2.59. The summed E-state index contributed by atoms with van der Waals surface area (Å²) in [5, 5.41) is 11.8. The van der Waals surface area contributed by atoms with Gasteiger partial charge in [0.1, 0.15) is 11.8 Å². The van der Waals surface area contributed by atoms with E-state index < -0.39 is 23.8 Å². The van der Waals surface area contributed by atoms with Gasteiger partial charge in [0.05, 0.1) is 18.9 Å². The van der Waals surface area contributed by atoms with Gasteiger partial charge in [0.15, 0.2) is 0 Å². The minimum absolute atomic E-state index is 0.0861. The number of hydrogen-bond donors (Lipinski definition) is 2. The number of carboxylic acid groups (broad SMARTS) is 1. The smallest absolute Gasteiger partial charge is 0.306 e. The van der Waals surface area contributed by atoms with Crippen LogP contribution in [0, 0.1) is 11.8 Å². The zero-order valence-electron chi connectivity index (χ0n) is 17.2. The number of carbonyl (C=O) groups excluding carboxylic acids is 3. The highest BCUT2D eigenvalue weighted by atomic mass is 16.5. The summed E-state index contributed by atoms with van der Waals surface area (Å²) in [6, 6.07) is 6.31. The normalized spacial score (nSPS) is 20.7. The Kier molecular flexibility index (Phi) is 6.59. The standard InChI is InChI=1S/C21H27N3O6/c1-13(20(27)23-9-7-14(8-10-23)21(28)29)22-19(26)15-11-18(25)24(12-15)16-3-5-17(30-2)6-4-16/h3-6,13-15H,7-12H2,1-2H3,(H,22,26)(H,28,29). The highest BCUT2D eigenvalue weighted by Gasteiger charge is 2.37. The molecular weight excluding hydrogens is 390 g/mol. The third-order valence-corrected chi connectivity index (χ3v) is 5.76. The fourth-order valence-electron chi connectivity index (χ4n) is 3.91. The number of aliphatic carboxylic acids is 1. The van der Waals surface area contributed by atoms with Crippen molar-refractivity contribution < 1.29 is 29.0 Å². The molecule has 2 atom stereocenters. The fourth-order valence-corrected chi connectivity index (χ4v) is 3.91.